The van der Waals surface area contributed by atoms with Gasteiger partial charge in [0, 0.05) is 52.2 Å². The predicted molar refractivity (Wildman–Crippen MR) is 115 cm³/mol. The summed E-state index contributed by atoms with van der Waals surface area (Å²) in [5.74, 6) is -0.272. The van der Waals surface area contributed by atoms with Gasteiger partial charge in [-0.05, 0) is 23.3 Å². The summed E-state index contributed by atoms with van der Waals surface area (Å²) in [5, 5.41) is 0. The van der Waals surface area contributed by atoms with Crippen LogP contribution in [0.4, 0.5) is 4.39 Å². The summed E-state index contributed by atoms with van der Waals surface area (Å²) in [5.41, 5.74) is 1.96. The summed E-state index contributed by atoms with van der Waals surface area (Å²) in [6.07, 6.45) is 0.289. The number of benzene rings is 2. The summed E-state index contributed by atoms with van der Waals surface area (Å²) in [7, 11) is 1.45. The second kappa shape index (κ2) is 9.47. The maximum absolute atomic E-state index is 13.9. The molecule has 164 valence electrons. The Kier molecular flexibility index (Phi) is 6.51. The van der Waals surface area contributed by atoms with Gasteiger partial charge >= 0.3 is 0 Å². The SMILES string of the molecule is COc1ccc(CN2CCN(C(=O)C3CC(=O)N(Cc4ccccc4)C3)CC2)cc1F. The van der Waals surface area contributed by atoms with Gasteiger partial charge in [-0.3, -0.25) is 14.5 Å². The van der Waals surface area contributed by atoms with Gasteiger partial charge in [0.1, 0.15) is 0 Å². The first-order chi connectivity index (χ1) is 15.0. The first-order valence-corrected chi connectivity index (χ1v) is 10.7. The largest absolute Gasteiger partial charge is 0.494 e. The number of amides is 2. The average Bonchev–Trinajstić information content (AvgIpc) is 3.15. The third kappa shape index (κ3) is 5.05. The summed E-state index contributed by atoms with van der Waals surface area (Å²) < 4.78 is 18.9. The number of methoxy groups -OCH3 is 1. The van der Waals surface area contributed by atoms with Crippen LogP contribution in [-0.4, -0.2) is 66.3 Å². The van der Waals surface area contributed by atoms with E-state index < -0.39 is 0 Å². The van der Waals surface area contributed by atoms with Crippen LogP contribution in [0.2, 0.25) is 0 Å². The molecule has 2 heterocycles. The molecular formula is C24H28FN3O3. The van der Waals surface area contributed by atoms with Crippen molar-refractivity contribution in [2.45, 2.75) is 19.5 Å². The molecule has 2 aliphatic heterocycles. The van der Waals surface area contributed by atoms with Crippen molar-refractivity contribution in [1.82, 2.24) is 14.7 Å². The molecule has 0 aliphatic carbocycles. The highest BCUT2D eigenvalue weighted by molar-refractivity contribution is 5.89. The van der Waals surface area contributed by atoms with Crippen LogP contribution < -0.4 is 4.74 Å². The Morgan fingerprint density at radius 3 is 2.45 bits per heavy atom. The van der Waals surface area contributed by atoms with Gasteiger partial charge in [0.2, 0.25) is 11.8 Å². The van der Waals surface area contributed by atoms with Gasteiger partial charge in [-0.2, -0.15) is 0 Å². The topological polar surface area (TPSA) is 53.1 Å². The van der Waals surface area contributed by atoms with Crippen molar-refractivity contribution in [2.75, 3.05) is 39.8 Å². The quantitative estimate of drug-likeness (QED) is 0.714. The highest BCUT2D eigenvalue weighted by Crippen LogP contribution is 2.23. The standard InChI is InChI=1S/C24H28FN3O3/c1-31-22-8-7-19(13-21(22)25)15-26-9-11-27(12-10-26)24(30)20-14-23(29)28(17-20)16-18-5-3-2-4-6-18/h2-8,13,20H,9-12,14-17H2,1H3. The zero-order valence-corrected chi connectivity index (χ0v) is 17.8. The van der Waals surface area contributed by atoms with E-state index in [1.807, 2.05) is 41.3 Å². The van der Waals surface area contributed by atoms with Crippen LogP contribution in [-0.2, 0) is 22.7 Å². The molecule has 2 saturated heterocycles. The minimum Gasteiger partial charge on any atom is -0.494 e. The lowest BCUT2D eigenvalue weighted by atomic mass is 10.1. The molecule has 2 aromatic carbocycles. The number of nitrogens with zero attached hydrogens (tertiary/aromatic N) is 3. The van der Waals surface area contributed by atoms with Gasteiger partial charge in [0.25, 0.3) is 0 Å². The van der Waals surface area contributed by atoms with Crippen LogP contribution >= 0.6 is 0 Å². The second-order valence-corrected chi connectivity index (χ2v) is 8.23. The Hall–Kier alpha value is -2.93. The number of rotatable bonds is 6. The first kappa shape index (κ1) is 21.3. The number of carbonyl (C=O) groups is 2. The van der Waals surface area contributed by atoms with Gasteiger partial charge in [-0.15, -0.1) is 0 Å². The molecule has 2 aromatic rings. The summed E-state index contributed by atoms with van der Waals surface area (Å²) in [6, 6.07) is 14.9. The van der Waals surface area contributed by atoms with Gasteiger partial charge in [-0.1, -0.05) is 36.4 Å². The maximum atomic E-state index is 13.9. The van der Waals surface area contributed by atoms with E-state index in [1.165, 1.54) is 13.2 Å². The van der Waals surface area contributed by atoms with Crippen LogP contribution in [0.25, 0.3) is 0 Å². The molecule has 2 amide bonds. The Morgan fingerprint density at radius 2 is 1.77 bits per heavy atom. The van der Waals surface area contributed by atoms with Crippen LogP contribution in [0.15, 0.2) is 48.5 Å². The number of halogens is 1. The Bertz CT molecular complexity index is 929. The molecule has 0 bridgehead atoms. The van der Waals surface area contributed by atoms with E-state index in [4.69, 9.17) is 4.74 Å². The maximum Gasteiger partial charge on any atom is 0.228 e. The molecule has 0 saturated carbocycles. The molecule has 2 fully saturated rings. The Morgan fingerprint density at radius 1 is 1.03 bits per heavy atom. The third-order valence-electron chi connectivity index (χ3n) is 6.09. The molecular weight excluding hydrogens is 397 g/mol. The van der Waals surface area contributed by atoms with Crippen molar-refractivity contribution in [2.24, 2.45) is 5.92 Å². The van der Waals surface area contributed by atoms with Gasteiger partial charge in [-0.25, -0.2) is 4.39 Å². The number of ether oxygens (including phenoxy) is 1. The lowest BCUT2D eigenvalue weighted by Crippen LogP contribution is -2.50. The van der Waals surface area contributed by atoms with E-state index >= 15 is 0 Å². The van der Waals surface area contributed by atoms with E-state index in [0.717, 1.165) is 24.2 Å². The Balaban J connectivity index is 1.27. The smallest absolute Gasteiger partial charge is 0.228 e. The molecule has 31 heavy (non-hydrogen) atoms. The molecule has 1 atom stereocenters. The van der Waals surface area contributed by atoms with Crippen LogP contribution in [0.1, 0.15) is 17.5 Å². The van der Waals surface area contributed by atoms with Gasteiger partial charge in [0.15, 0.2) is 11.6 Å². The van der Waals surface area contributed by atoms with E-state index in [9.17, 15) is 14.0 Å². The highest BCUT2D eigenvalue weighted by Gasteiger charge is 2.37. The molecule has 4 rings (SSSR count). The highest BCUT2D eigenvalue weighted by atomic mass is 19.1. The summed E-state index contributed by atoms with van der Waals surface area (Å²) in [4.78, 5) is 31.3. The zero-order chi connectivity index (χ0) is 21.8. The number of hydrogen-bond acceptors (Lipinski definition) is 4. The van der Waals surface area contributed by atoms with Crippen LogP contribution in [0, 0.1) is 11.7 Å². The van der Waals surface area contributed by atoms with Crippen molar-refractivity contribution >= 4 is 11.8 Å². The van der Waals surface area contributed by atoms with Crippen LogP contribution in [0.5, 0.6) is 5.75 Å². The fourth-order valence-electron chi connectivity index (χ4n) is 4.35. The molecule has 1 unspecified atom stereocenters. The van der Waals surface area contributed by atoms with Crippen molar-refractivity contribution in [3.8, 4) is 5.75 Å². The fourth-order valence-corrected chi connectivity index (χ4v) is 4.35. The monoisotopic (exact) mass is 425 g/mol. The number of carbonyl (C=O) groups excluding carboxylic acids is 2. The lowest BCUT2D eigenvalue weighted by molar-refractivity contribution is -0.137. The predicted octanol–water partition coefficient (Wildman–Crippen LogP) is 2.53. The van der Waals surface area contributed by atoms with Crippen molar-refractivity contribution in [1.29, 1.82) is 0 Å². The zero-order valence-electron chi connectivity index (χ0n) is 17.8. The first-order valence-electron chi connectivity index (χ1n) is 10.7. The van der Waals surface area contributed by atoms with E-state index in [1.54, 1.807) is 11.0 Å². The van der Waals surface area contributed by atoms with Gasteiger partial charge < -0.3 is 14.5 Å². The fraction of sp³-hybridized carbons (Fsp3) is 0.417. The molecule has 6 nitrogen and oxygen atoms in total. The molecule has 0 radical (unpaired) electrons. The van der Waals surface area contributed by atoms with E-state index in [2.05, 4.69) is 4.90 Å². The average molecular weight is 426 g/mol. The van der Waals surface area contributed by atoms with E-state index in [0.29, 0.717) is 32.7 Å². The van der Waals surface area contributed by atoms with Crippen LogP contribution in [0.3, 0.4) is 0 Å². The minimum atomic E-state index is -0.361. The molecule has 0 aromatic heterocycles. The number of hydrogen-bond donors (Lipinski definition) is 0. The van der Waals surface area contributed by atoms with Crippen molar-refractivity contribution in [3.05, 3.63) is 65.5 Å². The van der Waals surface area contributed by atoms with Crippen molar-refractivity contribution < 1.29 is 18.7 Å². The second-order valence-electron chi connectivity index (χ2n) is 8.23. The molecule has 0 N–H and O–H groups in total. The normalized spacial score (nSPS) is 19.7. The van der Waals surface area contributed by atoms with Crippen molar-refractivity contribution in [3.63, 3.8) is 0 Å². The lowest BCUT2D eigenvalue weighted by Gasteiger charge is -2.36. The third-order valence-corrected chi connectivity index (χ3v) is 6.09. The Labute approximate surface area is 182 Å². The molecule has 7 heteroatoms. The molecule has 2 aliphatic rings. The minimum absolute atomic E-state index is 0.0439. The number of likely N-dealkylation sites (tertiary alicyclic amines) is 1. The number of piperazine rings is 1. The van der Waals surface area contributed by atoms with Gasteiger partial charge in [0.05, 0.1) is 13.0 Å². The van der Waals surface area contributed by atoms with E-state index in [-0.39, 0.29) is 35.7 Å². The summed E-state index contributed by atoms with van der Waals surface area (Å²) >= 11 is 0. The summed E-state index contributed by atoms with van der Waals surface area (Å²) in [6.45, 7) is 4.38. The molecule has 0 spiro atoms.